The van der Waals surface area contributed by atoms with Gasteiger partial charge in [0, 0.05) is 17.4 Å². The molecule has 0 aliphatic rings. The van der Waals surface area contributed by atoms with Gasteiger partial charge in [-0.15, -0.1) is 0 Å². The molecule has 35 heavy (non-hydrogen) atoms. The van der Waals surface area contributed by atoms with Crippen LogP contribution in [0.3, 0.4) is 0 Å². The Labute approximate surface area is 207 Å². The Balaban J connectivity index is 1.44. The summed E-state index contributed by atoms with van der Waals surface area (Å²) in [4.78, 5) is 14.6. The first-order chi connectivity index (χ1) is 17.1. The number of benzene rings is 3. The van der Waals surface area contributed by atoms with Crippen molar-refractivity contribution in [1.29, 1.82) is 0 Å². The molecule has 0 atom stereocenters. The van der Waals surface area contributed by atoms with E-state index in [1.54, 1.807) is 20.4 Å². The third-order valence-corrected chi connectivity index (χ3v) is 6.32. The third kappa shape index (κ3) is 4.78. The molecule has 5 aromatic rings. The number of methoxy groups -OCH3 is 2. The Hall–Kier alpha value is -4.43. The van der Waals surface area contributed by atoms with Gasteiger partial charge in [0.2, 0.25) is 5.95 Å². The molecule has 0 saturated carbocycles. The summed E-state index contributed by atoms with van der Waals surface area (Å²) in [6.07, 6.45) is 1.73. The van der Waals surface area contributed by atoms with Crippen molar-refractivity contribution < 1.29 is 9.47 Å². The largest absolute Gasteiger partial charge is 0.493 e. The van der Waals surface area contributed by atoms with Crippen molar-refractivity contribution in [2.24, 2.45) is 0 Å². The zero-order chi connectivity index (χ0) is 24.2. The van der Waals surface area contributed by atoms with Crippen LogP contribution in [0.15, 0.2) is 85.1 Å². The molecule has 0 fully saturated rings. The number of aromatic nitrogens is 3. The number of nitrogens with two attached hydrogens (primary N) is 1. The van der Waals surface area contributed by atoms with Crippen molar-refractivity contribution >= 4 is 28.1 Å². The van der Waals surface area contributed by atoms with Crippen LogP contribution in [0.2, 0.25) is 0 Å². The number of nitrogens with one attached hydrogen (secondary N) is 1. The second-order valence-electron chi connectivity index (χ2n) is 7.64. The topological polar surface area (TPSA) is 95.2 Å². The molecule has 174 valence electrons. The molecule has 5 rings (SSSR count). The Morgan fingerprint density at radius 1 is 0.771 bits per heavy atom. The number of hydrogen-bond donors (Lipinski definition) is 2. The van der Waals surface area contributed by atoms with Crippen LogP contribution < -0.4 is 20.5 Å². The molecule has 2 heterocycles. The molecule has 3 N–H and O–H groups in total. The first-order valence-corrected chi connectivity index (χ1v) is 11.7. The van der Waals surface area contributed by atoms with E-state index in [9.17, 15) is 0 Å². The van der Waals surface area contributed by atoms with Gasteiger partial charge in [0.15, 0.2) is 16.6 Å². The summed E-state index contributed by atoms with van der Waals surface area (Å²) in [5.74, 6) is 1.85. The fraction of sp³-hybridized carbons (Fsp3) is 0.0741. The summed E-state index contributed by atoms with van der Waals surface area (Å²) in [6.45, 7) is 0. The lowest BCUT2D eigenvalue weighted by atomic mass is 10.0. The third-order valence-electron chi connectivity index (χ3n) is 5.41. The average Bonchev–Trinajstić information content (AvgIpc) is 3.31. The molecule has 0 radical (unpaired) electrons. The second-order valence-corrected chi connectivity index (χ2v) is 8.67. The highest BCUT2D eigenvalue weighted by molar-refractivity contribution is 7.19. The predicted molar refractivity (Wildman–Crippen MR) is 141 cm³/mol. The Kier molecular flexibility index (Phi) is 6.28. The van der Waals surface area contributed by atoms with Gasteiger partial charge in [-0.3, -0.25) is 0 Å². The highest BCUT2D eigenvalue weighted by Gasteiger charge is 2.16. The van der Waals surface area contributed by atoms with Crippen molar-refractivity contribution in [2.45, 2.75) is 0 Å². The van der Waals surface area contributed by atoms with E-state index in [-0.39, 0.29) is 0 Å². The first-order valence-electron chi connectivity index (χ1n) is 10.9. The van der Waals surface area contributed by atoms with Gasteiger partial charge in [-0.1, -0.05) is 59.9 Å². The quantitative estimate of drug-likeness (QED) is 0.282. The minimum Gasteiger partial charge on any atom is -0.493 e. The van der Waals surface area contributed by atoms with Gasteiger partial charge in [-0.05, 0) is 41.5 Å². The van der Waals surface area contributed by atoms with E-state index >= 15 is 0 Å². The van der Waals surface area contributed by atoms with Crippen LogP contribution in [0.1, 0.15) is 0 Å². The van der Waals surface area contributed by atoms with Gasteiger partial charge < -0.3 is 20.5 Å². The molecule has 0 aliphatic carbocycles. The van der Waals surface area contributed by atoms with Gasteiger partial charge in [-0.25, -0.2) is 15.0 Å². The van der Waals surface area contributed by atoms with Crippen LogP contribution in [0.4, 0.5) is 16.8 Å². The van der Waals surface area contributed by atoms with Crippen molar-refractivity contribution in [3.63, 3.8) is 0 Å². The number of thiazole rings is 1. The van der Waals surface area contributed by atoms with Crippen molar-refractivity contribution in [3.8, 4) is 44.5 Å². The molecule has 2 aromatic heterocycles. The smallest absolute Gasteiger partial charge is 0.227 e. The SMILES string of the molecule is COc1ccc(-c2cccc(Nc3nccc(-c4sc(N)nc4-c4ccccc4)n3)c2)cc1OC. The van der Waals surface area contributed by atoms with E-state index < -0.39 is 0 Å². The predicted octanol–water partition coefficient (Wildman–Crippen LogP) is 6.28. The van der Waals surface area contributed by atoms with Crippen molar-refractivity contribution in [2.75, 3.05) is 25.3 Å². The summed E-state index contributed by atoms with van der Waals surface area (Å²) in [6, 6.07) is 25.7. The van der Waals surface area contributed by atoms with E-state index in [2.05, 4.69) is 15.3 Å². The van der Waals surface area contributed by atoms with Gasteiger partial charge >= 0.3 is 0 Å². The number of nitrogens with zero attached hydrogens (tertiary/aromatic N) is 3. The number of rotatable bonds is 7. The summed E-state index contributed by atoms with van der Waals surface area (Å²) in [5, 5.41) is 3.81. The Morgan fingerprint density at radius 3 is 2.34 bits per heavy atom. The molecule has 0 aliphatic heterocycles. The van der Waals surface area contributed by atoms with E-state index in [0.29, 0.717) is 22.6 Å². The maximum absolute atomic E-state index is 6.06. The van der Waals surface area contributed by atoms with Crippen molar-refractivity contribution in [1.82, 2.24) is 15.0 Å². The van der Waals surface area contributed by atoms with Crippen LogP contribution in [0.5, 0.6) is 11.5 Å². The molecule has 8 heteroatoms. The summed E-state index contributed by atoms with van der Waals surface area (Å²) >= 11 is 1.41. The maximum Gasteiger partial charge on any atom is 0.227 e. The molecule has 0 bridgehead atoms. The molecule has 0 spiro atoms. The number of ether oxygens (including phenoxy) is 2. The molecule has 3 aromatic carbocycles. The fourth-order valence-electron chi connectivity index (χ4n) is 3.77. The standard InChI is InChI=1S/C27H23N5O2S/c1-33-22-12-11-19(16-23(22)34-2)18-9-6-10-20(15-18)30-27-29-14-13-21(31-27)25-24(32-26(28)35-25)17-7-4-3-5-8-17/h3-16H,1-2H3,(H2,28,32)(H,29,30,31). The van der Waals surface area contributed by atoms with Gasteiger partial charge in [0.1, 0.15) is 0 Å². The lowest BCUT2D eigenvalue weighted by Gasteiger charge is -2.11. The molecule has 0 amide bonds. The fourth-order valence-corrected chi connectivity index (χ4v) is 4.59. The summed E-state index contributed by atoms with van der Waals surface area (Å²) < 4.78 is 10.8. The monoisotopic (exact) mass is 481 g/mol. The van der Waals surface area contributed by atoms with Crippen LogP contribution in [0.25, 0.3) is 33.0 Å². The van der Waals surface area contributed by atoms with E-state index in [4.69, 9.17) is 20.2 Å². The lowest BCUT2D eigenvalue weighted by molar-refractivity contribution is 0.355. The summed E-state index contributed by atoms with van der Waals surface area (Å²) in [5.41, 5.74) is 11.5. The maximum atomic E-state index is 6.06. The second kappa shape index (κ2) is 9.82. The molecule has 7 nitrogen and oxygen atoms in total. The minimum absolute atomic E-state index is 0.484. The zero-order valence-corrected chi connectivity index (χ0v) is 20.0. The number of anilines is 3. The molecular weight excluding hydrogens is 458 g/mol. The number of hydrogen-bond acceptors (Lipinski definition) is 8. The lowest BCUT2D eigenvalue weighted by Crippen LogP contribution is -1.98. The highest BCUT2D eigenvalue weighted by atomic mass is 32.1. The minimum atomic E-state index is 0.484. The molecule has 0 saturated heterocycles. The number of nitrogen functional groups attached to an aromatic ring is 1. The zero-order valence-electron chi connectivity index (χ0n) is 19.2. The van der Waals surface area contributed by atoms with Crippen LogP contribution in [0, 0.1) is 0 Å². The van der Waals surface area contributed by atoms with Crippen LogP contribution in [-0.2, 0) is 0 Å². The van der Waals surface area contributed by atoms with Crippen molar-refractivity contribution in [3.05, 3.63) is 85.1 Å². The Morgan fingerprint density at radius 2 is 1.54 bits per heavy atom. The highest BCUT2D eigenvalue weighted by Crippen LogP contribution is 2.37. The Bertz CT molecular complexity index is 1470. The molecular formula is C27H23N5O2S. The van der Waals surface area contributed by atoms with E-state index in [0.717, 1.165) is 38.6 Å². The van der Waals surface area contributed by atoms with Gasteiger partial charge in [0.05, 0.1) is 30.5 Å². The average molecular weight is 482 g/mol. The van der Waals surface area contributed by atoms with Gasteiger partial charge in [-0.2, -0.15) is 0 Å². The van der Waals surface area contributed by atoms with Crippen LogP contribution in [-0.4, -0.2) is 29.2 Å². The van der Waals surface area contributed by atoms with Crippen LogP contribution >= 0.6 is 11.3 Å². The van der Waals surface area contributed by atoms with E-state index in [1.165, 1.54) is 11.3 Å². The first kappa shape index (κ1) is 22.4. The normalized spacial score (nSPS) is 10.7. The van der Waals surface area contributed by atoms with E-state index in [1.807, 2.05) is 78.9 Å². The van der Waals surface area contributed by atoms with Gasteiger partial charge in [0.25, 0.3) is 0 Å². The molecule has 0 unspecified atom stereocenters. The summed E-state index contributed by atoms with van der Waals surface area (Å²) in [7, 11) is 3.25.